The summed E-state index contributed by atoms with van der Waals surface area (Å²) in [6, 6.07) is 4.19. The molecule has 2 N–H and O–H groups in total. The van der Waals surface area contributed by atoms with Crippen molar-refractivity contribution >= 4 is 5.97 Å². The lowest BCUT2D eigenvalue weighted by atomic mass is 9.94. The molecule has 1 heterocycles. The van der Waals surface area contributed by atoms with Crippen LogP contribution in [0.2, 0.25) is 0 Å². The van der Waals surface area contributed by atoms with Gasteiger partial charge in [0.1, 0.15) is 0 Å². The number of aromatic nitrogens is 2. The van der Waals surface area contributed by atoms with Crippen molar-refractivity contribution in [1.29, 1.82) is 0 Å². The summed E-state index contributed by atoms with van der Waals surface area (Å²) in [5.41, 5.74) is 6.82. The molecule has 0 fully saturated rings. The van der Waals surface area contributed by atoms with Crippen LogP contribution in [0.4, 0.5) is 0 Å². The number of carboxylic acid groups (broad SMARTS) is 1. The van der Waals surface area contributed by atoms with Gasteiger partial charge >= 0.3 is 5.97 Å². The van der Waals surface area contributed by atoms with Gasteiger partial charge in [-0.05, 0) is 38.8 Å². The summed E-state index contributed by atoms with van der Waals surface area (Å²) in [7, 11) is 0. The molecule has 2 rings (SSSR count). The lowest BCUT2D eigenvalue weighted by molar-refractivity contribution is -0.136. The molecule has 1 aromatic carbocycles. The van der Waals surface area contributed by atoms with Gasteiger partial charge in [-0.1, -0.05) is 17.7 Å². The number of aryl methyl sites for hydroxylation is 4. The van der Waals surface area contributed by atoms with E-state index in [1.807, 2.05) is 20.8 Å². The number of aromatic amines is 1. The van der Waals surface area contributed by atoms with Crippen LogP contribution in [0.1, 0.15) is 27.9 Å². The van der Waals surface area contributed by atoms with Gasteiger partial charge in [0.2, 0.25) is 0 Å². The second kappa shape index (κ2) is 4.88. The molecule has 1 aromatic heterocycles. The molecule has 0 saturated heterocycles. The first-order valence-corrected chi connectivity index (χ1v) is 6.24. The molecule has 0 saturated carbocycles. The summed E-state index contributed by atoms with van der Waals surface area (Å²) in [4.78, 5) is 11.0. The number of H-pyrrole nitrogens is 1. The van der Waals surface area contributed by atoms with Crippen molar-refractivity contribution in [3.05, 3.63) is 40.1 Å². The van der Waals surface area contributed by atoms with Gasteiger partial charge in [0.25, 0.3) is 0 Å². The van der Waals surface area contributed by atoms with E-state index in [1.54, 1.807) is 0 Å². The highest BCUT2D eigenvalue weighted by Crippen LogP contribution is 2.30. The molecule has 4 heteroatoms. The van der Waals surface area contributed by atoms with E-state index in [9.17, 15) is 4.79 Å². The summed E-state index contributed by atoms with van der Waals surface area (Å²) in [6.07, 6.45) is -0.00950. The van der Waals surface area contributed by atoms with Gasteiger partial charge in [-0.3, -0.25) is 9.89 Å². The highest BCUT2D eigenvalue weighted by molar-refractivity contribution is 5.78. The first-order chi connectivity index (χ1) is 8.90. The zero-order valence-electron chi connectivity index (χ0n) is 11.7. The predicted octanol–water partition coefficient (Wildman–Crippen LogP) is 2.94. The normalized spacial score (nSPS) is 10.7. The van der Waals surface area contributed by atoms with Crippen LogP contribution in [0, 0.1) is 27.7 Å². The molecule has 0 unspecified atom stereocenters. The lowest BCUT2D eigenvalue weighted by Gasteiger charge is -2.10. The average Bonchev–Trinajstić information content (AvgIpc) is 2.59. The number of nitrogens with zero attached hydrogens (tertiary/aromatic N) is 1. The molecular formula is C15H18N2O2. The predicted molar refractivity (Wildman–Crippen MR) is 74.3 cm³/mol. The Balaban J connectivity index is 2.63. The molecule has 19 heavy (non-hydrogen) atoms. The maximum absolute atomic E-state index is 11.0. The maximum atomic E-state index is 11.0. The molecule has 0 atom stereocenters. The van der Waals surface area contributed by atoms with E-state index in [4.69, 9.17) is 5.11 Å². The quantitative estimate of drug-likeness (QED) is 0.889. The van der Waals surface area contributed by atoms with Gasteiger partial charge in [-0.2, -0.15) is 5.10 Å². The number of hydrogen-bond donors (Lipinski definition) is 2. The smallest absolute Gasteiger partial charge is 0.307 e. The third-order valence-electron chi connectivity index (χ3n) is 3.32. The topological polar surface area (TPSA) is 66.0 Å². The Hall–Kier alpha value is -2.10. The molecule has 0 radical (unpaired) electrons. The van der Waals surface area contributed by atoms with Crippen molar-refractivity contribution < 1.29 is 9.90 Å². The summed E-state index contributed by atoms with van der Waals surface area (Å²) in [5.74, 6) is -0.840. The second-order valence-electron chi connectivity index (χ2n) is 5.02. The first kappa shape index (κ1) is 13.3. The molecule has 4 nitrogen and oxygen atoms in total. The van der Waals surface area contributed by atoms with Crippen molar-refractivity contribution in [1.82, 2.24) is 10.2 Å². The van der Waals surface area contributed by atoms with Gasteiger partial charge in [0.15, 0.2) is 0 Å². The van der Waals surface area contributed by atoms with E-state index in [-0.39, 0.29) is 6.42 Å². The average molecular weight is 258 g/mol. The molecule has 0 aliphatic carbocycles. The van der Waals surface area contributed by atoms with Crippen molar-refractivity contribution in [2.24, 2.45) is 0 Å². The van der Waals surface area contributed by atoms with Crippen molar-refractivity contribution in [2.75, 3.05) is 0 Å². The van der Waals surface area contributed by atoms with Crippen LogP contribution in [-0.4, -0.2) is 21.3 Å². The van der Waals surface area contributed by atoms with Crippen molar-refractivity contribution in [2.45, 2.75) is 34.1 Å². The number of nitrogens with one attached hydrogen (secondary N) is 1. The highest BCUT2D eigenvalue weighted by atomic mass is 16.4. The van der Waals surface area contributed by atoms with Crippen LogP contribution in [0.15, 0.2) is 12.1 Å². The fourth-order valence-corrected chi connectivity index (χ4v) is 2.58. The van der Waals surface area contributed by atoms with Gasteiger partial charge in [0.05, 0.1) is 12.1 Å². The van der Waals surface area contributed by atoms with E-state index in [2.05, 4.69) is 29.3 Å². The molecule has 0 spiro atoms. The number of rotatable bonds is 3. The monoisotopic (exact) mass is 258 g/mol. The van der Waals surface area contributed by atoms with Crippen LogP contribution in [-0.2, 0) is 11.2 Å². The largest absolute Gasteiger partial charge is 0.481 e. The Bertz CT molecular complexity index is 619. The Morgan fingerprint density at radius 1 is 1.21 bits per heavy atom. The molecular weight excluding hydrogens is 240 g/mol. The molecule has 0 aliphatic heterocycles. The fraction of sp³-hybridized carbons (Fsp3) is 0.333. The second-order valence-corrected chi connectivity index (χ2v) is 5.02. The third kappa shape index (κ3) is 2.52. The summed E-state index contributed by atoms with van der Waals surface area (Å²) < 4.78 is 0. The third-order valence-corrected chi connectivity index (χ3v) is 3.32. The van der Waals surface area contributed by atoms with Crippen molar-refractivity contribution in [3.63, 3.8) is 0 Å². The number of benzene rings is 1. The summed E-state index contributed by atoms with van der Waals surface area (Å²) in [5, 5.41) is 16.2. The van der Waals surface area contributed by atoms with Crippen LogP contribution in [0.3, 0.4) is 0 Å². The molecule has 0 aliphatic rings. The SMILES string of the molecule is Cc1cc(C)c(-c2n[nH]c(C)c2CC(=O)O)c(C)c1. The summed E-state index contributed by atoms with van der Waals surface area (Å²) in [6.45, 7) is 7.97. The number of aliphatic carboxylic acids is 1. The number of hydrogen-bond acceptors (Lipinski definition) is 2. The minimum absolute atomic E-state index is 0.00950. The zero-order chi connectivity index (χ0) is 14.2. The fourth-order valence-electron chi connectivity index (χ4n) is 2.58. The Morgan fingerprint density at radius 3 is 2.32 bits per heavy atom. The Labute approximate surface area is 112 Å². The number of carbonyl (C=O) groups is 1. The van der Waals surface area contributed by atoms with Crippen LogP contribution in [0.25, 0.3) is 11.3 Å². The molecule has 2 aromatic rings. The van der Waals surface area contributed by atoms with Crippen LogP contribution < -0.4 is 0 Å². The first-order valence-electron chi connectivity index (χ1n) is 6.24. The standard InChI is InChI=1S/C15H18N2O2/c1-8-5-9(2)14(10(3)6-8)15-12(7-13(18)19)11(4)16-17-15/h5-6H,7H2,1-4H3,(H,16,17)(H,18,19). The van der Waals surface area contributed by atoms with Gasteiger partial charge < -0.3 is 5.11 Å². The zero-order valence-corrected chi connectivity index (χ0v) is 11.7. The van der Waals surface area contributed by atoms with Gasteiger partial charge in [-0.25, -0.2) is 0 Å². The van der Waals surface area contributed by atoms with Crippen LogP contribution >= 0.6 is 0 Å². The number of carboxylic acids is 1. The Morgan fingerprint density at radius 2 is 1.79 bits per heavy atom. The van der Waals surface area contributed by atoms with E-state index in [0.29, 0.717) is 0 Å². The minimum Gasteiger partial charge on any atom is -0.481 e. The van der Waals surface area contributed by atoms with Crippen molar-refractivity contribution in [3.8, 4) is 11.3 Å². The van der Waals surface area contributed by atoms with Gasteiger partial charge in [-0.15, -0.1) is 0 Å². The minimum atomic E-state index is -0.840. The molecule has 100 valence electrons. The summed E-state index contributed by atoms with van der Waals surface area (Å²) >= 11 is 0. The molecule has 0 amide bonds. The molecule has 0 bridgehead atoms. The van der Waals surface area contributed by atoms with Crippen LogP contribution in [0.5, 0.6) is 0 Å². The van der Waals surface area contributed by atoms with E-state index < -0.39 is 5.97 Å². The highest BCUT2D eigenvalue weighted by Gasteiger charge is 2.18. The Kier molecular flexibility index (Phi) is 3.42. The van der Waals surface area contributed by atoms with Gasteiger partial charge in [0, 0.05) is 16.8 Å². The van der Waals surface area contributed by atoms with E-state index in [0.717, 1.165) is 33.6 Å². The van der Waals surface area contributed by atoms with E-state index in [1.165, 1.54) is 5.56 Å². The maximum Gasteiger partial charge on any atom is 0.307 e. The lowest BCUT2D eigenvalue weighted by Crippen LogP contribution is -2.03. The van der Waals surface area contributed by atoms with E-state index >= 15 is 0 Å².